The third-order valence-corrected chi connectivity index (χ3v) is 20.3. The zero-order chi connectivity index (χ0) is 72.5. The molecule has 36 heteroatoms. The number of carbonyl (C=O) groups is 4. The fraction of sp³-hybridized carbons (Fsp3) is 0.557. The number of ether oxygens (including phenoxy) is 2. The fourth-order valence-electron chi connectivity index (χ4n) is 10.9. The minimum atomic E-state index is -5.26. The van der Waals surface area contributed by atoms with Crippen molar-refractivity contribution >= 4 is 75.3 Å². The maximum Gasteiger partial charge on any atom is 0.478 e. The highest BCUT2D eigenvalue weighted by atomic mass is 35.5. The third-order valence-electron chi connectivity index (χ3n) is 15.3. The van der Waals surface area contributed by atoms with Crippen molar-refractivity contribution in [3.8, 4) is 23.0 Å². The summed E-state index contributed by atoms with van der Waals surface area (Å²) in [4.78, 5) is 61.4. The molecule has 532 valence electrons. The van der Waals surface area contributed by atoms with Gasteiger partial charge in [0, 0.05) is 53.3 Å². The number of hydrogen-bond acceptors (Lipinski definition) is 17. The summed E-state index contributed by atoms with van der Waals surface area (Å²) in [5.41, 5.74) is -11.1. The molecule has 0 spiro atoms. The molecule has 4 atom stereocenters. The van der Waals surface area contributed by atoms with E-state index in [-0.39, 0.29) is 50.6 Å². The summed E-state index contributed by atoms with van der Waals surface area (Å²) in [7, 11) is -8.44. The Balaban J connectivity index is 1.20. The van der Waals surface area contributed by atoms with Crippen LogP contribution >= 0.6 is 19.4 Å². The van der Waals surface area contributed by atoms with Gasteiger partial charge in [0.05, 0.1) is 57.0 Å². The van der Waals surface area contributed by atoms with Gasteiger partial charge in [-0.25, -0.2) is 36.1 Å². The molecule has 8 rings (SSSR count). The molecule has 0 bridgehead atoms. The van der Waals surface area contributed by atoms with Gasteiger partial charge in [-0.3, -0.25) is 46.2 Å². The molecule has 0 aliphatic heterocycles. The van der Waals surface area contributed by atoms with E-state index in [9.17, 15) is 67.3 Å². The lowest BCUT2D eigenvalue weighted by Gasteiger charge is -2.31. The molecule has 0 saturated heterocycles. The second kappa shape index (κ2) is 27.1. The van der Waals surface area contributed by atoms with Gasteiger partial charge in [0.1, 0.15) is 53.0 Å². The highest BCUT2D eigenvalue weighted by Crippen LogP contribution is 2.68. The van der Waals surface area contributed by atoms with E-state index in [0.29, 0.717) is 10.7 Å². The number of nitrogens with one attached hydrogen (secondary N) is 1. The zero-order valence-electron chi connectivity index (χ0n) is 54.3. The van der Waals surface area contributed by atoms with Crippen molar-refractivity contribution in [2.24, 2.45) is 11.3 Å². The number of phosphoric ester groups is 1. The number of hydrogen-bond donors (Lipinski definition) is 1. The van der Waals surface area contributed by atoms with Crippen LogP contribution in [0.2, 0.25) is 5.02 Å². The molecule has 3 amide bonds. The van der Waals surface area contributed by atoms with Crippen LogP contribution < -0.4 is 5.32 Å². The molecule has 3 aliphatic rings. The third kappa shape index (κ3) is 18.8. The lowest BCUT2D eigenvalue weighted by Crippen LogP contribution is -2.43. The van der Waals surface area contributed by atoms with E-state index in [1.165, 1.54) is 34.6 Å². The molecule has 3 heterocycles. The number of amides is 3. The van der Waals surface area contributed by atoms with Gasteiger partial charge in [0.25, 0.3) is 5.92 Å². The van der Waals surface area contributed by atoms with E-state index in [4.69, 9.17) is 34.6 Å². The summed E-state index contributed by atoms with van der Waals surface area (Å²) in [6, 6.07) is 4.79. The molecule has 3 aliphatic carbocycles. The Morgan fingerprint density at radius 2 is 1.49 bits per heavy atom. The van der Waals surface area contributed by atoms with Gasteiger partial charge in [-0.1, -0.05) is 23.6 Å². The van der Waals surface area contributed by atoms with Crippen LogP contribution in [0.25, 0.3) is 22.0 Å². The van der Waals surface area contributed by atoms with Crippen LogP contribution in [-0.4, -0.2) is 129 Å². The molecule has 22 nitrogen and oxygen atoms in total. The van der Waals surface area contributed by atoms with E-state index < -0.39 is 224 Å². The van der Waals surface area contributed by atoms with Gasteiger partial charge >= 0.3 is 32.2 Å². The molecule has 97 heavy (non-hydrogen) atoms. The van der Waals surface area contributed by atoms with Gasteiger partial charge < -0.3 is 19.3 Å². The number of carbonyl (C=O) groups excluding carboxylic acids is 4. The predicted molar refractivity (Wildman–Crippen MR) is 328 cm³/mol. The Hall–Kier alpha value is -6.73. The number of fused-ring (bicyclic) bond motifs is 4. The summed E-state index contributed by atoms with van der Waals surface area (Å²) in [6.07, 6.45) is -12.3. The Bertz CT molecular complexity index is 4150. The number of benzene rings is 2. The monoisotopic (exact) mass is 1460 g/mol. The normalized spacial score (nSPS) is 17.5. The topological polar surface area (TPSA) is 273 Å². The van der Waals surface area contributed by atoms with Crippen molar-refractivity contribution in [2.75, 3.05) is 26.1 Å². The molecule has 0 radical (unpaired) electrons. The second-order valence-electron chi connectivity index (χ2n) is 27.4. The first kappa shape index (κ1) is 76.0. The maximum absolute atomic E-state index is 15.8. The van der Waals surface area contributed by atoms with Crippen molar-refractivity contribution in [2.45, 2.75) is 180 Å². The number of nitrogens with zero attached hydrogens (tertiary/aromatic N) is 7. The number of rotatable bonds is 23. The highest BCUT2D eigenvalue weighted by Gasteiger charge is 2.68. The highest BCUT2D eigenvalue weighted by molar-refractivity contribution is 7.92. The van der Waals surface area contributed by atoms with Crippen molar-refractivity contribution in [3.05, 3.63) is 98.7 Å². The maximum atomic E-state index is 15.8. The summed E-state index contributed by atoms with van der Waals surface area (Å²) in [5, 5.41) is 9.16. The van der Waals surface area contributed by atoms with Gasteiger partial charge in [-0.2, -0.15) is 45.3 Å². The molecular weight excluding hydrogens is 1390 g/mol. The molecule has 3 aromatic heterocycles. The summed E-state index contributed by atoms with van der Waals surface area (Å²) in [5.74, 6) is -7.38. The number of alkyl halides is 8. The van der Waals surface area contributed by atoms with E-state index in [2.05, 4.69) is 32.3 Å². The average Bonchev–Trinajstić information content (AvgIpc) is 1.52. The first-order chi connectivity index (χ1) is 44.3. The lowest BCUT2D eigenvalue weighted by molar-refractivity contribution is -0.156. The van der Waals surface area contributed by atoms with Crippen LogP contribution in [0.15, 0.2) is 42.5 Å². The van der Waals surface area contributed by atoms with Crippen molar-refractivity contribution in [3.63, 3.8) is 0 Å². The number of phosphoric acid groups is 1. The summed E-state index contributed by atoms with van der Waals surface area (Å²) < 4.78 is 242. The zero-order valence-corrected chi connectivity index (χ0v) is 57.6. The molecule has 2 aromatic carbocycles. The average molecular weight is 1460 g/mol. The quantitative estimate of drug-likeness (QED) is 0.0159. The number of aromatic nitrogens is 5. The van der Waals surface area contributed by atoms with Crippen LogP contribution in [0.1, 0.15) is 153 Å². The molecule has 2 fully saturated rings. The van der Waals surface area contributed by atoms with Crippen LogP contribution in [0.3, 0.4) is 0 Å². The van der Waals surface area contributed by atoms with Crippen molar-refractivity contribution in [1.82, 2.24) is 39.1 Å². The smallest absolute Gasteiger partial charge is 0.478 e. The van der Waals surface area contributed by atoms with E-state index >= 15 is 17.6 Å². The van der Waals surface area contributed by atoms with Crippen LogP contribution in [0.5, 0.6) is 0 Å². The van der Waals surface area contributed by atoms with Gasteiger partial charge in [-0.05, 0) is 155 Å². The van der Waals surface area contributed by atoms with Crippen molar-refractivity contribution < 1.29 is 108 Å². The van der Waals surface area contributed by atoms with Gasteiger partial charge in [-0.15, -0.1) is 0 Å². The first-order valence-corrected chi connectivity index (χ1v) is 34.5. The first-order valence-electron chi connectivity index (χ1n) is 29.8. The van der Waals surface area contributed by atoms with Gasteiger partial charge in [0.2, 0.25) is 18.6 Å². The molecule has 2 saturated carbocycles. The minimum Gasteiger partial charge on any atom is -0.755 e. The van der Waals surface area contributed by atoms with Crippen molar-refractivity contribution in [1.29, 1.82) is 0 Å². The molecular formula is C61H69ClF10N8O14PS2-. The van der Waals surface area contributed by atoms with E-state index in [0.717, 1.165) is 47.6 Å². The molecule has 1 unspecified atom stereocenters. The molecule has 1 N–H and O–H groups in total. The SMILES string of the molecule is CC(C)(C)OC(=O)CN(CC1(CC(=O)N(Cc2nn(CC(F)(F)F)c3c(-c4ccc(C#CC(C)(C)S(C)(=O)=O)nc4[C@H](Cc4cc(F)cc(F)c4)NC(=O)Cn4nc(C(F)(F)F)c5c4C(F)(F)[C@@H]4C[C@H]54)ccc(Cl)c23)S(=O)[O-])CC1)C(=O)OCOP(=O)(OC(C)(C)C)OC(C)(C)C. The summed E-state index contributed by atoms with van der Waals surface area (Å²) >= 11 is 3.25. The number of pyridine rings is 1. The Morgan fingerprint density at radius 1 is 0.887 bits per heavy atom. The van der Waals surface area contributed by atoms with Crippen LogP contribution in [0.4, 0.5) is 48.7 Å². The van der Waals surface area contributed by atoms with Crippen LogP contribution in [0, 0.1) is 34.8 Å². The van der Waals surface area contributed by atoms with Crippen LogP contribution in [-0.2, 0) is 101 Å². The Kier molecular flexibility index (Phi) is 21.2. The number of sulfone groups is 1. The number of halogens is 11. The van der Waals surface area contributed by atoms with E-state index in [1.807, 2.05) is 0 Å². The predicted octanol–water partition coefficient (Wildman–Crippen LogP) is 12.1. The Morgan fingerprint density at radius 3 is 2.04 bits per heavy atom. The lowest BCUT2D eigenvalue weighted by atomic mass is 9.93. The largest absolute Gasteiger partial charge is 0.755 e. The van der Waals surface area contributed by atoms with Gasteiger partial charge in [0.15, 0.2) is 15.5 Å². The number of esters is 1. The fourth-order valence-corrected chi connectivity index (χ4v) is 13.5. The summed E-state index contributed by atoms with van der Waals surface area (Å²) in [6.45, 7) is 9.58. The minimum absolute atomic E-state index is 0.117. The molecule has 5 aromatic rings. The second-order valence-corrected chi connectivity index (χ2v) is 32.8. The standard InChI is InChI=1S/C61H70ClF10N8O14PS2/c1-54(2,3)92-46(83)29-77(53(84)90-32-91-95(85,93-55(4,5)6)94-56(7,8)9)30-58(19-20-58)26-45(82)80(96(86)87)27-43-48-41(62)16-15-38(50(48)79(75-43)31-59(65,66)67)37-14-13-36(17-18-57(10,11)97(12,88)89)73-49(37)42(23-33-21-34(63)24-35(64)22-33)74-44(81)28-78-52-47(51(76-78)61(70,71)72)39-25-40(39)60(52,68)69/h13-16,21-22,24,39-40,42H,19-20,23,25-32H2,1-12H3,(H,74,81)(H,86,87)/p-1/t39-,40+,42-/m0/s1. The Labute approximate surface area is 558 Å². The van der Waals surface area contributed by atoms with E-state index in [1.54, 1.807) is 41.5 Å².